The van der Waals surface area contributed by atoms with Gasteiger partial charge in [0.25, 0.3) is 0 Å². The number of hydrogen-bond donors (Lipinski definition) is 0. The standard InChI is InChI=1S/C15H22N2/c1-14(2,3)12-11-9-7-8-10-17(11)13(16-12)15(4,5)6/h7-10H,1-6H3. The molecule has 0 aliphatic rings. The van der Waals surface area contributed by atoms with Crippen LogP contribution in [0.5, 0.6) is 0 Å². The Bertz CT molecular complexity index is 488. The number of rotatable bonds is 0. The number of pyridine rings is 1. The van der Waals surface area contributed by atoms with E-state index < -0.39 is 0 Å². The van der Waals surface area contributed by atoms with Gasteiger partial charge < -0.3 is 4.40 Å². The molecular formula is C15H22N2. The van der Waals surface area contributed by atoms with E-state index in [2.05, 4.69) is 70.3 Å². The smallest absolute Gasteiger partial charge is 0.118 e. The molecule has 0 N–H and O–H groups in total. The van der Waals surface area contributed by atoms with E-state index in [1.54, 1.807) is 0 Å². The van der Waals surface area contributed by atoms with Crippen molar-refractivity contribution in [3.8, 4) is 0 Å². The molecule has 0 bridgehead atoms. The van der Waals surface area contributed by atoms with Crippen LogP contribution in [-0.2, 0) is 10.8 Å². The minimum Gasteiger partial charge on any atom is -0.303 e. The van der Waals surface area contributed by atoms with Gasteiger partial charge in [0, 0.05) is 17.0 Å². The molecule has 0 saturated heterocycles. The first-order valence-corrected chi connectivity index (χ1v) is 6.19. The minimum absolute atomic E-state index is 0.0633. The van der Waals surface area contributed by atoms with E-state index in [9.17, 15) is 0 Å². The van der Waals surface area contributed by atoms with Crippen LogP contribution in [0.3, 0.4) is 0 Å². The fourth-order valence-corrected chi connectivity index (χ4v) is 2.12. The summed E-state index contributed by atoms with van der Waals surface area (Å²) < 4.78 is 2.22. The molecular weight excluding hydrogens is 208 g/mol. The first-order valence-electron chi connectivity index (χ1n) is 6.19. The molecule has 0 radical (unpaired) electrons. The van der Waals surface area contributed by atoms with Crippen LogP contribution in [0.2, 0.25) is 0 Å². The average molecular weight is 230 g/mol. The third kappa shape index (κ3) is 2.08. The second kappa shape index (κ2) is 3.59. The van der Waals surface area contributed by atoms with Gasteiger partial charge in [-0.25, -0.2) is 4.98 Å². The van der Waals surface area contributed by atoms with Gasteiger partial charge >= 0.3 is 0 Å². The molecule has 2 rings (SSSR count). The van der Waals surface area contributed by atoms with Crippen molar-refractivity contribution in [2.24, 2.45) is 0 Å². The number of aromatic nitrogens is 2. The number of nitrogens with zero attached hydrogens (tertiary/aromatic N) is 2. The van der Waals surface area contributed by atoms with E-state index in [0.717, 1.165) is 5.82 Å². The fourth-order valence-electron chi connectivity index (χ4n) is 2.12. The highest BCUT2D eigenvalue weighted by molar-refractivity contribution is 5.56. The molecule has 0 aliphatic carbocycles. The van der Waals surface area contributed by atoms with E-state index in [0.29, 0.717) is 0 Å². The van der Waals surface area contributed by atoms with Crippen LogP contribution in [0.25, 0.3) is 5.52 Å². The summed E-state index contributed by atoms with van der Waals surface area (Å²) in [4.78, 5) is 4.89. The molecule has 0 aliphatic heterocycles. The number of fused-ring (bicyclic) bond motifs is 1. The summed E-state index contributed by atoms with van der Waals surface area (Å²) in [6.45, 7) is 13.3. The van der Waals surface area contributed by atoms with Gasteiger partial charge in [-0.15, -0.1) is 0 Å². The maximum Gasteiger partial charge on any atom is 0.118 e. The van der Waals surface area contributed by atoms with Crippen molar-refractivity contribution >= 4 is 5.52 Å². The van der Waals surface area contributed by atoms with Crippen LogP contribution in [0.15, 0.2) is 24.4 Å². The Balaban J connectivity index is 2.81. The highest BCUT2D eigenvalue weighted by Crippen LogP contribution is 2.30. The Morgan fingerprint density at radius 3 is 2.12 bits per heavy atom. The summed E-state index contributed by atoms with van der Waals surface area (Å²) in [6.07, 6.45) is 2.11. The molecule has 92 valence electrons. The van der Waals surface area contributed by atoms with E-state index in [-0.39, 0.29) is 10.8 Å². The molecule has 2 aromatic rings. The van der Waals surface area contributed by atoms with Crippen molar-refractivity contribution in [3.63, 3.8) is 0 Å². The molecule has 0 amide bonds. The summed E-state index contributed by atoms with van der Waals surface area (Å²) >= 11 is 0. The lowest BCUT2D eigenvalue weighted by molar-refractivity contribution is 0.529. The van der Waals surface area contributed by atoms with Gasteiger partial charge in [0.2, 0.25) is 0 Å². The van der Waals surface area contributed by atoms with Crippen molar-refractivity contribution in [3.05, 3.63) is 35.9 Å². The first-order chi connectivity index (χ1) is 7.71. The summed E-state index contributed by atoms with van der Waals surface area (Å²) in [5, 5.41) is 0. The van der Waals surface area contributed by atoms with Crippen molar-refractivity contribution < 1.29 is 0 Å². The second-order valence-corrected chi connectivity index (χ2v) is 6.74. The maximum absolute atomic E-state index is 4.89. The average Bonchev–Trinajstić information content (AvgIpc) is 2.55. The predicted octanol–water partition coefficient (Wildman–Crippen LogP) is 3.93. The van der Waals surface area contributed by atoms with E-state index in [1.165, 1.54) is 11.2 Å². The Hall–Kier alpha value is -1.31. The second-order valence-electron chi connectivity index (χ2n) is 6.74. The van der Waals surface area contributed by atoms with E-state index in [1.807, 2.05) is 0 Å². The topological polar surface area (TPSA) is 17.3 Å². The van der Waals surface area contributed by atoms with E-state index >= 15 is 0 Å². The van der Waals surface area contributed by atoms with Gasteiger partial charge in [0.15, 0.2) is 0 Å². The van der Waals surface area contributed by atoms with Crippen molar-refractivity contribution in [1.82, 2.24) is 9.38 Å². The third-order valence-electron chi connectivity index (χ3n) is 2.93. The summed E-state index contributed by atoms with van der Waals surface area (Å²) in [6, 6.07) is 6.30. The van der Waals surface area contributed by atoms with Crippen LogP contribution in [0.1, 0.15) is 53.1 Å². The summed E-state index contributed by atoms with van der Waals surface area (Å²) in [5.41, 5.74) is 2.55. The van der Waals surface area contributed by atoms with Gasteiger partial charge in [-0.1, -0.05) is 47.6 Å². The van der Waals surface area contributed by atoms with Gasteiger partial charge in [-0.3, -0.25) is 0 Å². The molecule has 0 unspecified atom stereocenters. The summed E-state index contributed by atoms with van der Waals surface area (Å²) in [5.74, 6) is 1.14. The molecule has 0 spiro atoms. The number of hydrogen-bond acceptors (Lipinski definition) is 1. The Morgan fingerprint density at radius 2 is 1.59 bits per heavy atom. The highest BCUT2D eigenvalue weighted by atomic mass is 15.0. The van der Waals surface area contributed by atoms with Crippen molar-refractivity contribution in [2.45, 2.75) is 52.4 Å². The lowest BCUT2D eigenvalue weighted by Gasteiger charge is -2.17. The van der Waals surface area contributed by atoms with Crippen molar-refractivity contribution in [2.75, 3.05) is 0 Å². The normalized spacial score (nSPS) is 13.3. The number of imidazole rings is 1. The van der Waals surface area contributed by atoms with Gasteiger partial charge in [-0.05, 0) is 12.1 Å². The lowest BCUT2D eigenvalue weighted by Crippen LogP contribution is -2.17. The van der Waals surface area contributed by atoms with Crippen molar-refractivity contribution in [1.29, 1.82) is 0 Å². The van der Waals surface area contributed by atoms with Gasteiger partial charge in [0.1, 0.15) is 5.82 Å². The Morgan fingerprint density at radius 1 is 0.941 bits per heavy atom. The summed E-state index contributed by atoms with van der Waals surface area (Å²) in [7, 11) is 0. The van der Waals surface area contributed by atoms with Crippen LogP contribution < -0.4 is 0 Å². The Labute approximate surface area is 104 Å². The van der Waals surface area contributed by atoms with Crippen LogP contribution >= 0.6 is 0 Å². The lowest BCUT2D eigenvalue weighted by atomic mass is 9.91. The molecule has 17 heavy (non-hydrogen) atoms. The van der Waals surface area contributed by atoms with Crippen LogP contribution in [0, 0.1) is 0 Å². The van der Waals surface area contributed by atoms with Crippen LogP contribution in [0.4, 0.5) is 0 Å². The molecule has 2 nitrogen and oxygen atoms in total. The zero-order chi connectivity index (χ0) is 12.8. The maximum atomic E-state index is 4.89. The molecule has 0 aromatic carbocycles. The molecule has 2 heterocycles. The molecule has 0 atom stereocenters. The monoisotopic (exact) mass is 230 g/mol. The minimum atomic E-state index is 0.0633. The fraction of sp³-hybridized carbons (Fsp3) is 0.533. The Kier molecular flexibility index (Phi) is 2.57. The SMILES string of the molecule is CC(C)(C)c1nc(C(C)(C)C)n2ccccc12. The van der Waals surface area contributed by atoms with E-state index in [4.69, 9.17) is 4.98 Å². The highest BCUT2D eigenvalue weighted by Gasteiger charge is 2.27. The quantitative estimate of drug-likeness (QED) is 0.670. The first kappa shape index (κ1) is 12.2. The molecule has 2 aromatic heterocycles. The van der Waals surface area contributed by atoms with Crippen LogP contribution in [-0.4, -0.2) is 9.38 Å². The largest absolute Gasteiger partial charge is 0.303 e. The zero-order valence-electron chi connectivity index (χ0n) is 11.7. The molecule has 0 fully saturated rings. The molecule has 0 saturated carbocycles. The molecule has 2 heteroatoms. The van der Waals surface area contributed by atoms with Gasteiger partial charge in [-0.2, -0.15) is 0 Å². The predicted molar refractivity (Wildman–Crippen MR) is 72.6 cm³/mol. The third-order valence-corrected chi connectivity index (χ3v) is 2.93. The van der Waals surface area contributed by atoms with Gasteiger partial charge in [0.05, 0.1) is 11.2 Å². The zero-order valence-corrected chi connectivity index (χ0v) is 11.7.